The minimum Gasteiger partial charge on any atom is -0.431 e. The van der Waals surface area contributed by atoms with Crippen LogP contribution in [0.2, 0.25) is 0 Å². The molecule has 0 radical (unpaired) electrons. The third-order valence-electron chi connectivity index (χ3n) is 6.09. The number of fused-ring (bicyclic) bond motifs is 2. The SMILES string of the molecule is O=C(CSc1nc2cc(S(=O)(=O)N3CCCCC3)ccc2o1)N1CCc2ccccc2C1. The van der Waals surface area contributed by atoms with E-state index < -0.39 is 10.0 Å². The number of piperidine rings is 1. The van der Waals surface area contributed by atoms with Gasteiger partial charge in [0.15, 0.2) is 5.58 Å². The molecule has 3 aromatic rings. The van der Waals surface area contributed by atoms with Crippen LogP contribution in [-0.2, 0) is 27.8 Å². The van der Waals surface area contributed by atoms with Crippen LogP contribution in [-0.4, -0.2) is 53.9 Å². The predicted octanol–water partition coefficient (Wildman–Crippen LogP) is 3.68. The molecule has 2 aromatic carbocycles. The Balaban J connectivity index is 1.26. The smallest absolute Gasteiger partial charge is 0.257 e. The third kappa shape index (κ3) is 4.29. The normalized spacial score (nSPS) is 17.4. The number of benzene rings is 2. The highest BCUT2D eigenvalue weighted by Gasteiger charge is 2.27. The largest absolute Gasteiger partial charge is 0.431 e. The molecule has 5 rings (SSSR count). The molecule has 0 unspecified atom stereocenters. The first-order valence-electron chi connectivity index (χ1n) is 10.9. The highest BCUT2D eigenvalue weighted by molar-refractivity contribution is 7.99. The van der Waals surface area contributed by atoms with Crippen LogP contribution >= 0.6 is 11.8 Å². The fourth-order valence-electron chi connectivity index (χ4n) is 4.29. The zero-order valence-corrected chi connectivity index (χ0v) is 19.3. The fraction of sp³-hybridized carbons (Fsp3) is 0.391. The molecular weight excluding hydrogens is 446 g/mol. The Hall–Kier alpha value is -2.36. The Morgan fingerprint density at radius 1 is 1.03 bits per heavy atom. The van der Waals surface area contributed by atoms with Crippen molar-refractivity contribution >= 4 is 38.8 Å². The zero-order valence-electron chi connectivity index (χ0n) is 17.7. The second kappa shape index (κ2) is 8.88. The zero-order chi connectivity index (χ0) is 22.1. The van der Waals surface area contributed by atoms with E-state index in [1.54, 1.807) is 22.5 Å². The summed E-state index contributed by atoms with van der Waals surface area (Å²) in [5.41, 5.74) is 3.51. The van der Waals surface area contributed by atoms with E-state index in [1.165, 1.54) is 22.9 Å². The number of amides is 1. The lowest BCUT2D eigenvalue weighted by Crippen LogP contribution is -2.37. The maximum Gasteiger partial charge on any atom is 0.257 e. The van der Waals surface area contributed by atoms with Gasteiger partial charge in [-0.2, -0.15) is 4.31 Å². The van der Waals surface area contributed by atoms with Gasteiger partial charge in [-0.05, 0) is 48.6 Å². The van der Waals surface area contributed by atoms with Crippen LogP contribution in [0.15, 0.2) is 57.0 Å². The van der Waals surface area contributed by atoms with Crippen LogP contribution in [0.1, 0.15) is 30.4 Å². The van der Waals surface area contributed by atoms with E-state index in [0.29, 0.717) is 42.5 Å². The summed E-state index contributed by atoms with van der Waals surface area (Å²) in [5.74, 6) is 0.272. The second-order valence-electron chi connectivity index (χ2n) is 8.20. The first-order valence-corrected chi connectivity index (χ1v) is 13.3. The van der Waals surface area contributed by atoms with E-state index in [1.807, 2.05) is 17.0 Å². The van der Waals surface area contributed by atoms with Crippen molar-refractivity contribution in [3.63, 3.8) is 0 Å². The molecule has 2 aliphatic heterocycles. The van der Waals surface area contributed by atoms with E-state index in [4.69, 9.17) is 4.42 Å². The molecule has 0 aliphatic carbocycles. The Bertz CT molecular complexity index is 1250. The fourth-order valence-corrected chi connectivity index (χ4v) is 6.56. The van der Waals surface area contributed by atoms with Gasteiger partial charge in [0.25, 0.3) is 5.22 Å². The van der Waals surface area contributed by atoms with Gasteiger partial charge < -0.3 is 9.32 Å². The summed E-state index contributed by atoms with van der Waals surface area (Å²) in [4.78, 5) is 19.2. The molecular formula is C23H25N3O4S2. The predicted molar refractivity (Wildman–Crippen MR) is 123 cm³/mol. The van der Waals surface area contributed by atoms with Gasteiger partial charge in [-0.25, -0.2) is 13.4 Å². The Labute approximate surface area is 191 Å². The van der Waals surface area contributed by atoms with Crippen LogP contribution in [0.4, 0.5) is 0 Å². The number of carbonyl (C=O) groups excluding carboxylic acids is 1. The van der Waals surface area contributed by atoms with Gasteiger partial charge in [0, 0.05) is 26.2 Å². The number of oxazole rings is 1. The number of hydrogen-bond donors (Lipinski definition) is 0. The van der Waals surface area contributed by atoms with Crippen molar-refractivity contribution in [2.75, 3.05) is 25.4 Å². The molecule has 9 heteroatoms. The topological polar surface area (TPSA) is 83.7 Å². The molecule has 2 aliphatic rings. The average molecular weight is 472 g/mol. The van der Waals surface area contributed by atoms with Gasteiger partial charge in [-0.1, -0.05) is 42.4 Å². The maximum atomic E-state index is 12.9. The Kier molecular flexibility index (Phi) is 5.96. The summed E-state index contributed by atoms with van der Waals surface area (Å²) in [6, 6.07) is 13.0. The van der Waals surface area contributed by atoms with E-state index in [9.17, 15) is 13.2 Å². The molecule has 0 spiro atoms. The molecule has 0 N–H and O–H groups in total. The molecule has 0 bridgehead atoms. The lowest BCUT2D eigenvalue weighted by Gasteiger charge is -2.28. The highest BCUT2D eigenvalue weighted by atomic mass is 32.2. The Morgan fingerprint density at radius 2 is 1.81 bits per heavy atom. The van der Waals surface area contributed by atoms with Gasteiger partial charge in [-0.15, -0.1) is 0 Å². The molecule has 7 nitrogen and oxygen atoms in total. The minimum absolute atomic E-state index is 0.0418. The summed E-state index contributed by atoms with van der Waals surface area (Å²) >= 11 is 1.24. The van der Waals surface area contributed by atoms with Crippen molar-refractivity contribution in [1.82, 2.24) is 14.2 Å². The third-order valence-corrected chi connectivity index (χ3v) is 8.80. The van der Waals surface area contributed by atoms with Crippen LogP contribution in [0.3, 0.4) is 0 Å². The Morgan fingerprint density at radius 3 is 2.62 bits per heavy atom. The number of hydrogen-bond acceptors (Lipinski definition) is 6. The molecule has 32 heavy (non-hydrogen) atoms. The number of aromatic nitrogens is 1. The van der Waals surface area contributed by atoms with Crippen molar-refractivity contribution in [3.8, 4) is 0 Å². The quantitative estimate of drug-likeness (QED) is 0.528. The van der Waals surface area contributed by atoms with E-state index in [2.05, 4.69) is 17.1 Å². The van der Waals surface area contributed by atoms with E-state index >= 15 is 0 Å². The van der Waals surface area contributed by atoms with E-state index in [0.717, 1.165) is 25.7 Å². The maximum absolute atomic E-state index is 12.9. The number of thioether (sulfide) groups is 1. The summed E-state index contributed by atoms with van der Waals surface area (Å²) in [6.45, 7) is 2.45. The molecule has 1 fully saturated rings. The number of sulfonamides is 1. The average Bonchev–Trinajstić information content (AvgIpc) is 3.25. The first-order chi connectivity index (χ1) is 15.5. The second-order valence-corrected chi connectivity index (χ2v) is 11.1. The van der Waals surface area contributed by atoms with Gasteiger partial charge in [0.05, 0.1) is 10.6 Å². The van der Waals surface area contributed by atoms with Crippen molar-refractivity contribution in [2.24, 2.45) is 0 Å². The summed E-state index contributed by atoms with van der Waals surface area (Å²) in [6.07, 6.45) is 3.72. The van der Waals surface area contributed by atoms with Crippen molar-refractivity contribution in [1.29, 1.82) is 0 Å². The summed E-state index contributed by atoms with van der Waals surface area (Å²) < 4.78 is 33.1. The van der Waals surface area contributed by atoms with Gasteiger partial charge in [-0.3, -0.25) is 4.79 Å². The number of carbonyl (C=O) groups is 1. The molecule has 0 atom stereocenters. The highest BCUT2D eigenvalue weighted by Crippen LogP contribution is 2.28. The lowest BCUT2D eigenvalue weighted by molar-refractivity contribution is -0.129. The van der Waals surface area contributed by atoms with Crippen LogP contribution < -0.4 is 0 Å². The standard InChI is InChI=1S/C23H25N3O4S2/c27-22(25-13-10-17-6-2-3-7-18(17)15-25)16-31-23-24-20-14-19(8-9-21(20)30-23)32(28,29)26-11-4-1-5-12-26/h2-3,6-9,14H,1,4-5,10-13,15-16H2. The van der Waals surface area contributed by atoms with E-state index in [-0.39, 0.29) is 16.6 Å². The van der Waals surface area contributed by atoms with Crippen molar-refractivity contribution in [2.45, 2.75) is 42.3 Å². The van der Waals surface area contributed by atoms with Gasteiger partial charge in [0.1, 0.15) is 5.52 Å². The van der Waals surface area contributed by atoms with Gasteiger partial charge >= 0.3 is 0 Å². The minimum atomic E-state index is -3.52. The van der Waals surface area contributed by atoms with Gasteiger partial charge in [0.2, 0.25) is 15.9 Å². The van der Waals surface area contributed by atoms with Crippen molar-refractivity contribution in [3.05, 3.63) is 53.6 Å². The van der Waals surface area contributed by atoms with Crippen LogP contribution in [0.5, 0.6) is 0 Å². The molecule has 3 heterocycles. The molecule has 168 valence electrons. The van der Waals surface area contributed by atoms with Crippen molar-refractivity contribution < 1.29 is 17.6 Å². The molecule has 1 amide bonds. The molecule has 1 aromatic heterocycles. The van der Waals surface area contributed by atoms with Crippen LogP contribution in [0.25, 0.3) is 11.1 Å². The molecule has 0 saturated carbocycles. The molecule has 1 saturated heterocycles. The monoisotopic (exact) mass is 471 g/mol. The van der Waals surface area contributed by atoms with Crippen LogP contribution in [0, 0.1) is 0 Å². The lowest BCUT2D eigenvalue weighted by atomic mass is 10.00. The summed E-state index contributed by atoms with van der Waals surface area (Å²) in [5, 5.41) is 0.373. The first kappa shape index (κ1) is 21.5. The summed E-state index contributed by atoms with van der Waals surface area (Å²) in [7, 11) is -3.52. The number of nitrogens with zero attached hydrogens (tertiary/aromatic N) is 3. The number of rotatable bonds is 5.